The summed E-state index contributed by atoms with van der Waals surface area (Å²) in [5, 5.41) is 0. The van der Waals surface area contributed by atoms with E-state index in [2.05, 4.69) is 40.1 Å². The Labute approximate surface area is 209 Å². The summed E-state index contributed by atoms with van der Waals surface area (Å²) >= 11 is 0. The molecule has 33 heavy (non-hydrogen) atoms. The van der Waals surface area contributed by atoms with Gasteiger partial charge in [-0.1, -0.05) is 30.3 Å². The normalized spacial score (nSPS) is 17.0. The van der Waals surface area contributed by atoms with Crippen LogP contribution in [0.5, 0.6) is 0 Å². The molecule has 0 spiro atoms. The number of likely N-dealkylation sites (N-methyl/N-ethyl adjacent to an activating group) is 1. The van der Waals surface area contributed by atoms with Gasteiger partial charge < -0.3 is 14.7 Å². The van der Waals surface area contributed by atoms with Gasteiger partial charge in [-0.3, -0.25) is 4.79 Å². The Morgan fingerprint density at radius 2 is 1.64 bits per heavy atom. The first kappa shape index (κ1) is 27.4. The third kappa shape index (κ3) is 7.59. The molecule has 2 aliphatic heterocycles. The van der Waals surface area contributed by atoms with Gasteiger partial charge >= 0.3 is 0 Å². The molecule has 7 heteroatoms. The lowest BCUT2D eigenvalue weighted by atomic mass is 9.93. The van der Waals surface area contributed by atoms with E-state index in [-0.39, 0.29) is 36.5 Å². The summed E-state index contributed by atoms with van der Waals surface area (Å²) in [5.41, 5.74) is 2.22. The van der Waals surface area contributed by atoms with Gasteiger partial charge in [0.25, 0.3) is 0 Å². The average molecular weight is 496 g/mol. The summed E-state index contributed by atoms with van der Waals surface area (Å²) in [6.45, 7) is 5.68. The summed E-state index contributed by atoms with van der Waals surface area (Å²) < 4.78 is 13.1. The first-order valence-electron chi connectivity index (χ1n) is 11.6. The predicted molar refractivity (Wildman–Crippen MR) is 138 cm³/mol. The van der Waals surface area contributed by atoms with Gasteiger partial charge in [0.1, 0.15) is 5.82 Å². The van der Waals surface area contributed by atoms with Crippen molar-refractivity contribution in [2.24, 2.45) is 5.92 Å². The van der Waals surface area contributed by atoms with Crippen molar-refractivity contribution < 1.29 is 9.18 Å². The molecule has 0 saturated carbocycles. The standard InChI is InChI=1S/C26H34FN3O.2ClH/c1-28(26(31)18-21-9-11-23(27)12-10-21)24-13-16-29(17-14-24)15-5-6-22-19-30(20-22)25-7-3-2-4-8-25;;/h2-4,7-12,22,24H,5-6,13-20H2,1H3;2*1H. The lowest BCUT2D eigenvalue weighted by Gasteiger charge is -2.42. The average Bonchev–Trinajstić information content (AvgIpc) is 2.77. The van der Waals surface area contributed by atoms with E-state index in [9.17, 15) is 9.18 Å². The Morgan fingerprint density at radius 1 is 1.00 bits per heavy atom. The van der Waals surface area contributed by atoms with E-state index < -0.39 is 0 Å². The van der Waals surface area contributed by atoms with Gasteiger partial charge in [0.05, 0.1) is 6.42 Å². The molecule has 0 aliphatic carbocycles. The minimum absolute atomic E-state index is 0. The number of hydrogen-bond donors (Lipinski definition) is 0. The number of anilines is 1. The Bertz CT molecular complexity index is 838. The number of nitrogens with zero attached hydrogens (tertiary/aromatic N) is 3. The predicted octanol–water partition coefficient (Wildman–Crippen LogP) is 5.05. The van der Waals surface area contributed by atoms with Crippen LogP contribution < -0.4 is 4.90 Å². The molecule has 0 atom stereocenters. The second-order valence-electron chi connectivity index (χ2n) is 9.13. The highest BCUT2D eigenvalue weighted by Crippen LogP contribution is 2.27. The third-order valence-corrected chi connectivity index (χ3v) is 6.93. The zero-order chi connectivity index (χ0) is 21.6. The highest BCUT2D eigenvalue weighted by Gasteiger charge is 2.28. The van der Waals surface area contributed by atoms with Gasteiger partial charge in [0.2, 0.25) is 5.91 Å². The smallest absolute Gasteiger partial charge is 0.226 e. The SMILES string of the molecule is CN(C(=O)Cc1ccc(F)cc1)C1CCN(CCCC2CN(c3ccccc3)C2)CC1.Cl.Cl. The molecule has 2 aromatic rings. The maximum Gasteiger partial charge on any atom is 0.226 e. The number of amides is 1. The molecule has 0 aromatic heterocycles. The summed E-state index contributed by atoms with van der Waals surface area (Å²) in [5.74, 6) is 0.689. The Morgan fingerprint density at radius 3 is 2.27 bits per heavy atom. The number of para-hydroxylation sites is 1. The Kier molecular flexibility index (Phi) is 10.9. The highest BCUT2D eigenvalue weighted by molar-refractivity contribution is 5.85. The summed E-state index contributed by atoms with van der Waals surface area (Å²) in [6.07, 6.45) is 4.99. The van der Waals surface area contributed by atoms with Crippen molar-refractivity contribution in [2.45, 2.75) is 38.1 Å². The number of hydrogen-bond acceptors (Lipinski definition) is 3. The summed E-state index contributed by atoms with van der Waals surface area (Å²) in [4.78, 5) is 19.5. The van der Waals surface area contributed by atoms with Crippen LogP contribution in [0.15, 0.2) is 54.6 Å². The molecule has 2 saturated heterocycles. The zero-order valence-electron chi connectivity index (χ0n) is 19.4. The summed E-state index contributed by atoms with van der Waals surface area (Å²) in [7, 11) is 1.92. The quantitative estimate of drug-likeness (QED) is 0.512. The molecule has 4 rings (SSSR count). The molecule has 0 radical (unpaired) electrons. The Hall–Kier alpha value is -1.82. The van der Waals surface area contributed by atoms with Gasteiger partial charge in [0, 0.05) is 45.0 Å². The second-order valence-corrected chi connectivity index (χ2v) is 9.13. The Balaban J connectivity index is 0.00000193. The van der Waals surface area contributed by atoms with E-state index >= 15 is 0 Å². The number of carbonyl (C=O) groups is 1. The molecule has 2 aromatic carbocycles. The molecular formula is C26H36Cl2FN3O. The largest absolute Gasteiger partial charge is 0.371 e. The van der Waals surface area contributed by atoms with E-state index in [1.54, 1.807) is 12.1 Å². The van der Waals surface area contributed by atoms with Crippen molar-refractivity contribution in [3.63, 3.8) is 0 Å². The minimum atomic E-state index is -0.261. The molecule has 1 amide bonds. The fourth-order valence-electron chi connectivity index (χ4n) is 4.84. The number of rotatable bonds is 8. The topological polar surface area (TPSA) is 26.8 Å². The van der Waals surface area contributed by atoms with Crippen LogP contribution in [-0.2, 0) is 11.2 Å². The van der Waals surface area contributed by atoms with Gasteiger partial charge in [-0.2, -0.15) is 0 Å². The molecule has 2 fully saturated rings. The van der Waals surface area contributed by atoms with Crippen molar-refractivity contribution >= 4 is 36.4 Å². The third-order valence-electron chi connectivity index (χ3n) is 6.93. The van der Waals surface area contributed by atoms with Crippen LogP contribution in [0.25, 0.3) is 0 Å². The molecule has 2 aliphatic rings. The molecule has 0 unspecified atom stereocenters. The second kappa shape index (κ2) is 13.2. The molecular weight excluding hydrogens is 460 g/mol. The van der Waals surface area contributed by atoms with Crippen LogP contribution in [0, 0.1) is 11.7 Å². The zero-order valence-corrected chi connectivity index (χ0v) is 21.0. The number of likely N-dealkylation sites (tertiary alicyclic amines) is 1. The van der Waals surface area contributed by atoms with Crippen LogP contribution >= 0.6 is 24.8 Å². The van der Waals surface area contributed by atoms with Gasteiger partial charge in [-0.25, -0.2) is 4.39 Å². The van der Waals surface area contributed by atoms with E-state index in [1.165, 1.54) is 50.3 Å². The first-order valence-corrected chi connectivity index (χ1v) is 11.6. The molecule has 2 heterocycles. The lowest BCUT2D eigenvalue weighted by Crippen LogP contribution is -2.47. The molecule has 0 N–H and O–H groups in total. The minimum Gasteiger partial charge on any atom is -0.371 e. The molecule has 0 bridgehead atoms. The number of piperidine rings is 1. The monoisotopic (exact) mass is 495 g/mol. The van der Waals surface area contributed by atoms with Crippen molar-refractivity contribution in [1.29, 1.82) is 0 Å². The summed E-state index contributed by atoms with van der Waals surface area (Å²) in [6, 6.07) is 17.2. The van der Waals surface area contributed by atoms with E-state index in [0.29, 0.717) is 12.5 Å². The lowest BCUT2D eigenvalue weighted by molar-refractivity contribution is -0.132. The maximum absolute atomic E-state index is 13.1. The fraction of sp³-hybridized carbons (Fsp3) is 0.500. The van der Waals surface area contributed by atoms with E-state index in [4.69, 9.17) is 0 Å². The van der Waals surface area contributed by atoms with Crippen LogP contribution in [0.1, 0.15) is 31.2 Å². The molecule has 4 nitrogen and oxygen atoms in total. The highest BCUT2D eigenvalue weighted by atomic mass is 35.5. The van der Waals surface area contributed by atoms with Crippen molar-refractivity contribution in [1.82, 2.24) is 9.80 Å². The maximum atomic E-state index is 13.1. The molecule has 182 valence electrons. The van der Waals surface area contributed by atoms with Crippen molar-refractivity contribution in [2.75, 3.05) is 44.7 Å². The fourth-order valence-corrected chi connectivity index (χ4v) is 4.84. The van der Waals surface area contributed by atoms with Crippen molar-refractivity contribution in [3.05, 3.63) is 66.0 Å². The number of halogens is 3. The van der Waals surface area contributed by atoms with Crippen molar-refractivity contribution in [3.8, 4) is 0 Å². The van der Waals surface area contributed by atoms with Crippen LogP contribution in [-0.4, -0.2) is 61.5 Å². The van der Waals surface area contributed by atoms with Crippen LogP contribution in [0.3, 0.4) is 0 Å². The van der Waals surface area contributed by atoms with Crippen LogP contribution in [0.2, 0.25) is 0 Å². The van der Waals surface area contributed by atoms with E-state index in [0.717, 1.165) is 37.4 Å². The van der Waals surface area contributed by atoms with Gasteiger partial charge in [-0.05, 0) is 68.0 Å². The van der Waals surface area contributed by atoms with E-state index in [1.807, 2.05) is 11.9 Å². The van der Waals surface area contributed by atoms with Gasteiger partial charge in [-0.15, -0.1) is 24.8 Å². The number of benzene rings is 2. The first-order chi connectivity index (χ1) is 15.1. The van der Waals surface area contributed by atoms with Gasteiger partial charge in [0.15, 0.2) is 0 Å². The number of carbonyl (C=O) groups excluding carboxylic acids is 1. The van der Waals surface area contributed by atoms with Crippen LogP contribution in [0.4, 0.5) is 10.1 Å².